The molecule has 0 saturated carbocycles. The third kappa shape index (κ3) is 5.79. The quantitative estimate of drug-likeness (QED) is 0.320. The molecule has 0 aliphatic carbocycles. The average molecular weight is 522 g/mol. The molecule has 3 heterocycles. The summed E-state index contributed by atoms with van der Waals surface area (Å²) in [7, 11) is 0. The highest BCUT2D eigenvalue weighted by molar-refractivity contribution is 5.93. The maximum absolute atomic E-state index is 13.7. The molecule has 0 spiro atoms. The predicted octanol–water partition coefficient (Wildman–Crippen LogP) is 6.58. The summed E-state index contributed by atoms with van der Waals surface area (Å²) in [4.78, 5) is 15.8. The second kappa shape index (κ2) is 10.3. The van der Waals surface area contributed by atoms with Crippen LogP contribution < -0.4 is 5.32 Å². The van der Waals surface area contributed by atoms with E-state index >= 15 is 0 Å². The topological polar surface area (TPSA) is 63.2 Å². The van der Waals surface area contributed by atoms with Gasteiger partial charge in [-0.3, -0.25) is 9.88 Å². The molecule has 1 saturated heterocycles. The minimum absolute atomic E-state index is 0.0304. The predicted molar refractivity (Wildman–Crippen MR) is 142 cm³/mol. The van der Waals surface area contributed by atoms with Crippen molar-refractivity contribution in [2.24, 2.45) is 0 Å². The number of hydrogen-bond donors (Lipinski definition) is 1. The Balaban J connectivity index is 1.57. The Kier molecular flexibility index (Phi) is 7.07. The first-order valence-electron chi connectivity index (χ1n) is 12.6. The van der Waals surface area contributed by atoms with Gasteiger partial charge < -0.3 is 10.1 Å². The molecule has 1 fully saturated rings. The molecule has 2 aromatic heterocycles. The fourth-order valence-electron chi connectivity index (χ4n) is 4.50. The lowest BCUT2D eigenvalue weighted by Crippen LogP contribution is -2.36. The number of nitrogens with zero attached hydrogens (tertiary/aromatic N) is 4. The number of fused-ring (bicyclic) bond motifs is 1. The highest BCUT2D eigenvalue weighted by Crippen LogP contribution is 2.37. The van der Waals surface area contributed by atoms with E-state index in [1.54, 1.807) is 18.2 Å². The van der Waals surface area contributed by atoms with Crippen molar-refractivity contribution >= 4 is 22.4 Å². The Bertz CT molecular complexity index is 1430. The minimum Gasteiger partial charge on any atom is -0.379 e. The molecular weight excluding hydrogens is 491 g/mol. The maximum Gasteiger partial charge on any atom is 0.418 e. The molecule has 4 aromatic rings. The minimum atomic E-state index is -4.52. The van der Waals surface area contributed by atoms with Crippen LogP contribution >= 0.6 is 0 Å². The fraction of sp³-hybridized carbons (Fsp3) is 0.345. The number of ether oxygens (including phenoxy) is 1. The number of morpholine rings is 1. The molecule has 2 aromatic carbocycles. The van der Waals surface area contributed by atoms with E-state index in [1.807, 2.05) is 12.1 Å². The number of halogens is 3. The molecular formula is C29H30F3N5O. The van der Waals surface area contributed by atoms with E-state index in [4.69, 9.17) is 14.7 Å². The molecule has 1 aliphatic rings. The van der Waals surface area contributed by atoms with E-state index in [1.165, 1.54) is 17.8 Å². The summed E-state index contributed by atoms with van der Waals surface area (Å²) in [6.07, 6.45) is -3.15. The number of anilines is 2. The third-order valence-electron chi connectivity index (χ3n) is 6.61. The van der Waals surface area contributed by atoms with Gasteiger partial charge in [-0.2, -0.15) is 13.2 Å². The number of hydrogen-bond acceptors (Lipinski definition) is 6. The Labute approximate surface area is 219 Å². The van der Waals surface area contributed by atoms with Gasteiger partial charge in [0.05, 0.1) is 36.5 Å². The molecule has 0 bridgehead atoms. The standard InChI is InChI=1S/C29H30F3N5O/c1-28(2,3)20-7-9-21(10-8-20)34-27-22-11-6-19(26-23(29(30,31)32)5-4-12-33-26)17-24(22)35-25(36-27)18-37-13-15-38-16-14-37/h4-12,17H,13-16,18H2,1-3H3,(H,34,35,36). The van der Waals surface area contributed by atoms with Gasteiger partial charge in [-0.15, -0.1) is 0 Å². The van der Waals surface area contributed by atoms with Gasteiger partial charge >= 0.3 is 6.18 Å². The Morgan fingerprint density at radius 3 is 2.37 bits per heavy atom. The molecule has 1 N–H and O–H groups in total. The Morgan fingerprint density at radius 1 is 0.947 bits per heavy atom. The van der Waals surface area contributed by atoms with Gasteiger partial charge in [-0.25, -0.2) is 9.97 Å². The largest absolute Gasteiger partial charge is 0.418 e. The lowest BCUT2D eigenvalue weighted by Gasteiger charge is -2.26. The van der Waals surface area contributed by atoms with Gasteiger partial charge in [0, 0.05) is 35.9 Å². The smallest absolute Gasteiger partial charge is 0.379 e. The number of alkyl halides is 3. The van der Waals surface area contributed by atoms with E-state index in [9.17, 15) is 13.2 Å². The van der Waals surface area contributed by atoms with Gasteiger partial charge in [0.25, 0.3) is 0 Å². The van der Waals surface area contributed by atoms with Crippen LogP contribution in [0.15, 0.2) is 60.8 Å². The van der Waals surface area contributed by atoms with Crippen LogP contribution in [0, 0.1) is 0 Å². The van der Waals surface area contributed by atoms with E-state index in [0.29, 0.717) is 47.9 Å². The summed E-state index contributed by atoms with van der Waals surface area (Å²) in [5, 5.41) is 4.12. The molecule has 9 heteroatoms. The molecule has 1 aliphatic heterocycles. The van der Waals surface area contributed by atoms with Crippen LogP contribution in [0.3, 0.4) is 0 Å². The zero-order chi connectivity index (χ0) is 26.9. The number of nitrogens with one attached hydrogen (secondary N) is 1. The molecule has 0 radical (unpaired) electrons. The highest BCUT2D eigenvalue weighted by atomic mass is 19.4. The van der Waals surface area contributed by atoms with Crippen LogP contribution in [-0.4, -0.2) is 46.2 Å². The van der Waals surface area contributed by atoms with Crippen molar-refractivity contribution < 1.29 is 17.9 Å². The summed E-state index contributed by atoms with van der Waals surface area (Å²) in [6.45, 7) is 9.81. The van der Waals surface area contributed by atoms with Gasteiger partial charge in [-0.05, 0) is 47.4 Å². The summed E-state index contributed by atoms with van der Waals surface area (Å²) in [6, 6.07) is 15.6. The summed E-state index contributed by atoms with van der Waals surface area (Å²) < 4.78 is 46.5. The van der Waals surface area contributed by atoms with Crippen LogP contribution in [-0.2, 0) is 22.9 Å². The van der Waals surface area contributed by atoms with E-state index in [-0.39, 0.29) is 11.1 Å². The first-order valence-corrected chi connectivity index (χ1v) is 12.6. The third-order valence-corrected chi connectivity index (χ3v) is 6.61. The molecule has 38 heavy (non-hydrogen) atoms. The highest BCUT2D eigenvalue weighted by Gasteiger charge is 2.34. The zero-order valence-electron chi connectivity index (χ0n) is 21.6. The molecule has 0 atom stereocenters. The van der Waals surface area contributed by atoms with Crippen LogP contribution in [0.25, 0.3) is 22.2 Å². The molecule has 0 unspecified atom stereocenters. The van der Waals surface area contributed by atoms with Crippen molar-refractivity contribution in [1.29, 1.82) is 0 Å². The number of rotatable bonds is 5. The monoisotopic (exact) mass is 521 g/mol. The van der Waals surface area contributed by atoms with Gasteiger partial charge in [0.15, 0.2) is 0 Å². The van der Waals surface area contributed by atoms with Gasteiger partial charge in [0.2, 0.25) is 0 Å². The molecule has 198 valence electrons. The van der Waals surface area contributed by atoms with E-state index in [2.05, 4.69) is 48.1 Å². The number of benzene rings is 2. The number of aromatic nitrogens is 3. The van der Waals surface area contributed by atoms with E-state index < -0.39 is 11.7 Å². The van der Waals surface area contributed by atoms with Crippen molar-refractivity contribution in [3.8, 4) is 11.3 Å². The van der Waals surface area contributed by atoms with Crippen molar-refractivity contribution in [2.75, 3.05) is 31.6 Å². The molecule has 5 rings (SSSR count). The number of pyridine rings is 1. The fourth-order valence-corrected chi connectivity index (χ4v) is 4.50. The van der Waals surface area contributed by atoms with Gasteiger partial charge in [0.1, 0.15) is 11.6 Å². The Morgan fingerprint density at radius 2 is 1.68 bits per heavy atom. The first-order chi connectivity index (χ1) is 18.1. The Hall–Kier alpha value is -3.56. The lowest BCUT2D eigenvalue weighted by atomic mass is 9.87. The summed E-state index contributed by atoms with van der Waals surface area (Å²) >= 11 is 0. The summed E-state index contributed by atoms with van der Waals surface area (Å²) in [5.74, 6) is 1.19. The first kappa shape index (κ1) is 26.1. The van der Waals surface area contributed by atoms with Crippen LogP contribution in [0.2, 0.25) is 0 Å². The lowest BCUT2D eigenvalue weighted by molar-refractivity contribution is -0.137. The average Bonchev–Trinajstić information content (AvgIpc) is 2.88. The van der Waals surface area contributed by atoms with Crippen LogP contribution in [0.4, 0.5) is 24.7 Å². The second-order valence-corrected chi connectivity index (χ2v) is 10.5. The normalized spacial score (nSPS) is 15.1. The van der Waals surface area contributed by atoms with Crippen molar-refractivity contribution in [3.63, 3.8) is 0 Å². The van der Waals surface area contributed by atoms with E-state index in [0.717, 1.165) is 24.8 Å². The maximum atomic E-state index is 13.7. The second-order valence-electron chi connectivity index (χ2n) is 10.5. The zero-order valence-corrected chi connectivity index (χ0v) is 21.6. The van der Waals surface area contributed by atoms with Crippen molar-refractivity contribution in [3.05, 3.63) is 77.7 Å². The van der Waals surface area contributed by atoms with Crippen molar-refractivity contribution in [2.45, 2.75) is 38.9 Å². The van der Waals surface area contributed by atoms with Crippen LogP contribution in [0.5, 0.6) is 0 Å². The van der Waals surface area contributed by atoms with Crippen molar-refractivity contribution in [1.82, 2.24) is 19.9 Å². The van der Waals surface area contributed by atoms with Gasteiger partial charge in [-0.1, -0.05) is 39.0 Å². The SMILES string of the molecule is CC(C)(C)c1ccc(Nc2nc(CN3CCOCC3)nc3cc(-c4ncccc4C(F)(F)F)ccc23)cc1. The molecule has 0 amide bonds. The molecule has 6 nitrogen and oxygen atoms in total. The van der Waals surface area contributed by atoms with Crippen LogP contribution in [0.1, 0.15) is 37.7 Å². The summed E-state index contributed by atoms with van der Waals surface area (Å²) in [5.41, 5.74) is 2.10.